The highest BCUT2D eigenvalue weighted by molar-refractivity contribution is 5.79. The summed E-state index contributed by atoms with van der Waals surface area (Å²) in [6.45, 7) is 0.0975. The molecular formula is C10H14O3. The minimum Gasteiger partial charge on any atom is -0.481 e. The Bertz CT molecular complexity index is 259. The van der Waals surface area contributed by atoms with Gasteiger partial charge in [-0.2, -0.15) is 0 Å². The second-order valence-corrected chi connectivity index (χ2v) is 4.11. The number of rotatable bonds is 3. The summed E-state index contributed by atoms with van der Waals surface area (Å²) in [5.74, 6) is -0.139. The van der Waals surface area contributed by atoms with Crippen molar-refractivity contribution in [2.24, 2.45) is 17.3 Å². The molecule has 0 aromatic rings. The lowest BCUT2D eigenvalue weighted by atomic mass is 9.76. The van der Waals surface area contributed by atoms with Gasteiger partial charge in [-0.3, -0.25) is 4.79 Å². The molecule has 3 atom stereocenters. The van der Waals surface area contributed by atoms with E-state index in [1.165, 1.54) is 0 Å². The number of carbonyl (C=O) groups is 1. The van der Waals surface area contributed by atoms with Gasteiger partial charge in [0.1, 0.15) is 0 Å². The lowest BCUT2D eigenvalue weighted by Crippen LogP contribution is -2.32. The van der Waals surface area contributed by atoms with Crippen molar-refractivity contribution in [1.82, 2.24) is 0 Å². The molecule has 1 fully saturated rings. The highest BCUT2D eigenvalue weighted by atomic mass is 16.4. The summed E-state index contributed by atoms with van der Waals surface area (Å²) in [6, 6.07) is 0. The van der Waals surface area contributed by atoms with Gasteiger partial charge in [0.2, 0.25) is 0 Å². The van der Waals surface area contributed by atoms with E-state index in [-0.39, 0.29) is 12.5 Å². The van der Waals surface area contributed by atoms with Gasteiger partial charge < -0.3 is 10.2 Å². The molecule has 2 bridgehead atoms. The topological polar surface area (TPSA) is 57.5 Å². The molecule has 0 spiro atoms. The van der Waals surface area contributed by atoms with Crippen LogP contribution < -0.4 is 0 Å². The molecule has 0 saturated heterocycles. The molecule has 13 heavy (non-hydrogen) atoms. The molecule has 2 aliphatic rings. The summed E-state index contributed by atoms with van der Waals surface area (Å²) in [6.07, 6.45) is 6.15. The first-order valence-corrected chi connectivity index (χ1v) is 4.72. The third-order valence-corrected chi connectivity index (χ3v) is 3.46. The Morgan fingerprint density at radius 1 is 1.62 bits per heavy atom. The number of aliphatic hydroxyl groups is 1. The maximum atomic E-state index is 11.1. The summed E-state index contributed by atoms with van der Waals surface area (Å²) >= 11 is 0. The van der Waals surface area contributed by atoms with E-state index in [1.807, 2.05) is 12.2 Å². The Morgan fingerprint density at radius 2 is 2.38 bits per heavy atom. The maximum Gasteiger partial charge on any atom is 0.313 e. The molecule has 0 aromatic carbocycles. The number of carboxylic acids is 1. The van der Waals surface area contributed by atoms with Crippen molar-refractivity contribution >= 4 is 5.97 Å². The Hall–Kier alpha value is -0.830. The van der Waals surface area contributed by atoms with Gasteiger partial charge in [0, 0.05) is 6.61 Å². The average molecular weight is 182 g/mol. The normalized spacial score (nSPS) is 41.3. The molecular weight excluding hydrogens is 168 g/mol. The lowest BCUT2D eigenvalue weighted by molar-refractivity contribution is -0.148. The minimum absolute atomic E-state index is 0.0975. The SMILES string of the molecule is O=C(O)C12C=CC(CC1CCO)C2. The molecule has 3 unspecified atom stereocenters. The van der Waals surface area contributed by atoms with Gasteiger partial charge in [-0.1, -0.05) is 12.2 Å². The van der Waals surface area contributed by atoms with E-state index in [4.69, 9.17) is 10.2 Å². The number of hydrogen-bond donors (Lipinski definition) is 2. The first kappa shape index (κ1) is 8.75. The second kappa shape index (κ2) is 2.84. The number of fused-ring (bicyclic) bond motifs is 2. The summed E-state index contributed by atoms with van der Waals surface area (Å²) in [5.41, 5.74) is -0.645. The quantitative estimate of drug-likeness (QED) is 0.641. The third kappa shape index (κ3) is 1.10. The molecule has 3 nitrogen and oxygen atoms in total. The monoisotopic (exact) mass is 182 g/mol. The van der Waals surface area contributed by atoms with E-state index >= 15 is 0 Å². The van der Waals surface area contributed by atoms with Crippen LogP contribution in [0.3, 0.4) is 0 Å². The predicted molar refractivity (Wildman–Crippen MR) is 47.1 cm³/mol. The van der Waals surface area contributed by atoms with Crippen molar-refractivity contribution in [3.8, 4) is 0 Å². The van der Waals surface area contributed by atoms with Crippen LogP contribution in [-0.4, -0.2) is 22.8 Å². The van der Waals surface area contributed by atoms with Crippen LogP contribution >= 0.6 is 0 Å². The molecule has 1 saturated carbocycles. The molecule has 72 valence electrons. The number of aliphatic carboxylic acids is 1. The Balaban J connectivity index is 2.23. The fraction of sp³-hybridized carbons (Fsp3) is 0.700. The number of aliphatic hydroxyl groups excluding tert-OH is 1. The van der Waals surface area contributed by atoms with Crippen molar-refractivity contribution in [1.29, 1.82) is 0 Å². The van der Waals surface area contributed by atoms with Gasteiger partial charge in [-0.25, -0.2) is 0 Å². The number of allylic oxidation sites excluding steroid dienone is 1. The van der Waals surface area contributed by atoms with Crippen LogP contribution in [0.2, 0.25) is 0 Å². The first-order chi connectivity index (χ1) is 6.19. The molecule has 2 aliphatic carbocycles. The summed E-state index contributed by atoms with van der Waals surface area (Å²) in [4.78, 5) is 11.1. The van der Waals surface area contributed by atoms with Crippen LogP contribution in [0, 0.1) is 17.3 Å². The molecule has 0 heterocycles. The average Bonchev–Trinajstić information content (AvgIpc) is 2.62. The third-order valence-electron chi connectivity index (χ3n) is 3.46. The predicted octanol–water partition coefficient (Wildman–Crippen LogP) is 1.04. The van der Waals surface area contributed by atoms with E-state index in [9.17, 15) is 4.79 Å². The van der Waals surface area contributed by atoms with Crippen molar-refractivity contribution in [3.05, 3.63) is 12.2 Å². The number of carboxylic acid groups (broad SMARTS) is 1. The van der Waals surface area contributed by atoms with Crippen LogP contribution in [0.1, 0.15) is 19.3 Å². The lowest BCUT2D eigenvalue weighted by Gasteiger charge is -2.27. The summed E-state index contributed by atoms with van der Waals surface area (Å²) in [7, 11) is 0. The van der Waals surface area contributed by atoms with Gasteiger partial charge in [-0.05, 0) is 31.1 Å². The fourth-order valence-corrected chi connectivity index (χ4v) is 2.78. The minimum atomic E-state index is -0.720. The van der Waals surface area contributed by atoms with Crippen molar-refractivity contribution in [3.63, 3.8) is 0 Å². The highest BCUT2D eigenvalue weighted by Gasteiger charge is 2.53. The van der Waals surface area contributed by atoms with Crippen LogP contribution in [0.25, 0.3) is 0 Å². The van der Waals surface area contributed by atoms with Gasteiger partial charge >= 0.3 is 5.97 Å². The van der Waals surface area contributed by atoms with Crippen molar-refractivity contribution in [2.75, 3.05) is 6.61 Å². The zero-order chi connectivity index (χ0) is 9.47. The van der Waals surface area contributed by atoms with Gasteiger partial charge in [0.05, 0.1) is 5.41 Å². The highest BCUT2D eigenvalue weighted by Crippen LogP contribution is 2.54. The summed E-state index contributed by atoms with van der Waals surface area (Å²) in [5, 5.41) is 18.0. The fourth-order valence-electron chi connectivity index (χ4n) is 2.78. The molecule has 0 aromatic heterocycles. The van der Waals surface area contributed by atoms with E-state index in [0.717, 1.165) is 12.8 Å². The zero-order valence-corrected chi connectivity index (χ0v) is 7.44. The zero-order valence-electron chi connectivity index (χ0n) is 7.44. The second-order valence-electron chi connectivity index (χ2n) is 4.11. The Morgan fingerprint density at radius 3 is 2.92 bits per heavy atom. The molecule has 0 aliphatic heterocycles. The Kier molecular flexibility index (Phi) is 1.91. The molecule has 0 amide bonds. The smallest absolute Gasteiger partial charge is 0.313 e. The van der Waals surface area contributed by atoms with Crippen molar-refractivity contribution < 1.29 is 15.0 Å². The standard InChI is InChI=1S/C10H14O3/c11-4-2-8-5-7-1-3-10(8,6-7)9(12)13/h1,3,7-8,11H,2,4-6H2,(H,12,13). The molecule has 2 rings (SSSR count). The molecule has 3 heteroatoms. The van der Waals surface area contributed by atoms with Gasteiger partial charge in [-0.15, -0.1) is 0 Å². The van der Waals surface area contributed by atoms with Gasteiger partial charge in [0.15, 0.2) is 0 Å². The van der Waals surface area contributed by atoms with Crippen LogP contribution in [-0.2, 0) is 4.79 Å². The maximum absolute atomic E-state index is 11.1. The Labute approximate surface area is 77.1 Å². The van der Waals surface area contributed by atoms with E-state index in [0.29, 0.717) is 12.3 Å². The molecule has 2 N–H and O–H groups in total. The summed E-state index contributed by atoms with van der Waals surface area (Å²) < 4.78 is 0. The van der Waals surface area contributed by atoms with E-state index < -0.39 is 11.4 Å². The number of hydrogen-bond acceptors (Lipinski definition) is 2. The van der Waals surface area contributed by atoms with E-state index in [2.05, 4.69) is 0 Å². The van der Waals surface area contributed by atoms with Crippen LogP contribution in [0.15, 0.2) is 12.2 Å². The largest absolute Gasteiger partial charge is 0.481 e. The van der Waals surface area contributed by atoms with Crippen LogP contribution in [0.4, 0.5) is 0 Å². The van der Waals surface area contributed by atoms with Crippen LogP contribution in [0.5, 0.6) is 0 Å². The van der Waals surface area contributed by atoms with Gasteiger partial charge in [0.25, 0.3) is 0 Å². The molecule has 0 radical (unpaired) electrons. The first-order valence-electron chi connectivity index (χ1n) is 4.72. The van der Waals surface area contributed by atoms with Crippen molar-refractivity contribution in [2.45, 2.75) is 19.3 Å². The van der Waals surface area contributed by atoms with E-state index in [1.54, 1.807) is 0 Å².